The largest absolute Gasteiger partial charge is 0.357 e. The van der Waals surface area contributed by atoms with Crippen LogP contribution in [0.15, 0.2) is 11.3 Å². The summed E-state index contributed by atoms with van der Waals surface area (Å²) in [4.78, 5) is 8.65. The lowest BCUT2D eigenvalue weighted by Crippen LogP contribution is -2.44. The van der Waals surface area contributed by atoms with Gasteiger partial charge in [-0.2, -0.15) is 5.10 Å². The molecule has 7 heteroatoms. The summed E-state index contributed by atoms with van der Waals surface area (Å²) in [6, 6.07) is 0. The van der Waals surface area contributed by atoms with Crippen LogP contribution in [0.3, 0.4) is 0 Å². The van der Waals surface area contributed by atoms with Gasteiger partial charge >= 0.3 is 0 Å². The molecule has 0 aromatic carbocycles. The van der Waals surface area contributed by atoms with Crippen LogP contribution in [0.2, 0.25) is 0 Å². The Morgan fingerprint density at radius 2 is 2.05 bits per heavy atom. The second kappa shape index (κ2) is 7.84. The fourth-order valence-corrected chi connectivity index (χ4v) is 1.57. The molecule has 0 unspecified atom stereocenters. The van der Waals surface area contributed by atoms with E-state index in [1.165, 1.54) is 0 Å². The van der Waals surface area contributed by atoms with E-state index in [-0.39, 0.29) is 5.54 Å². The maximum absolute atomic E-state index is 4.49. The van der Waals surface area contributed by atoms with E-state index in [2.05, 4.69) is 51.8 Å². The van der Waals surface area contributed by atoms with Gasteiger partial charge in [0.05, 0.1) is 0 Å². The first-order chi connectivity index (χ1) is 9.42. The van der Waals surface area contributed by atoms with E-state index in [1.54, 1.807) is 11.0 Å². The van der Waals surface area contributed by atoms with E-state index in [1.807, 2.05) is 14.0 Å². The number of rotatable bonds is 6. The average Bonchev–Trinajstić information content (AvgIpc) is 2.76. The van der Waals surface area contributed by atoms with Crippen molar-refractivity contribution in [2.45, 2.75) is 39.8 Å². The van der Waals surface area contributed by atoms with Crippen molar-refractivity contribution in [1.82, 2.24) is 30.7 Å². The molecule has 0 fully saturated rings. The minimum Gasteiger partial charge on any atom is -0.357 e. The highest BCUT2D eigenvalue weighted by Gasteiger charge is 2.07. The number of aliphatic imine (C=N–C) groups is 1. The van der Waals surface area contributed by atoms with Gasteiger partial charge in [-0.05, 0) is 27.7 Å². The van der Waals surface area contributed by atoms with Gasteiger partial charge in [-0.15, -0.1) is 0 Å². The SMILES string of the molecule is CCNC(=NCc1ncnn1C)NCCNC(C)(C)C. The van der Waals surface area contributed by atoms with Crippen LogP contribution >= 0.6 is 0 Å². The number of aryl methyl sites for hydroxylation is 1. The lowest BCUT2D eigenvalue weighted by atomic mass is 10.1. The van der Waals surface area contributed by atoms with Crippen molar-refractivity contribution < 1.29 is 0 Å². The second-order valence-corrected chi connectivity index (χ2v) is 5.60. The number of guanidine groups is 1. The Balaban J connectivity index is 2.41. The smallest absolute Gasteiger partial charge is 0.191 e. The standard InChI is InChI=1S/C13H27N7/c1-6-14-12(15-7-8-18-13(2,3)4)16-9-11-17-10-19-20(11)5/h10,18H,6-9H2,1-5H3,(H2,14,15,16). The van der Waals surface area contributed by atoms with E-state index in [4.69, 9.17) is 0 Å². The summed E-state index contributed by atoms with van der Waals surface area (Å²) in [6.07, 6.45) is 1.54. The van der Waals surface area contributed by atoms with Crippen LogP contribution in [0.4, 0.5) is 0 Å². The Hall–Kier alpha value is -1.63. The molecule has 114 valence electrons. The summed E-state index contributed by atoms with van der Waals surface area (Å²) in [5.74, 6) is 1.64. The molecule has 0 bridgehead atoms. The Morgan fingerprint density at radius 1 is 1.30 bits per heavy atom. The third-order valence-corrected chi connectivity index (χ3v) is 2.60. The molecule has 0 spiro atoms. The first-order valence-electron chi connectivity index (χ1n) is 7.02. The fourth-order valence-electron chi connectivity index (χ4n) is 1.57. The number of hydrogen-bond acceptors (Lipinski definition) is 4. The number of aromatic nitrogens is 3. The number of hydrogen-bond donors (Lipinski definition) is 3. The van der Waals surface area contributed by atoms with Crippen molar-refractivity contribution in [3.05, 3.63) is 12.2 Å². The van der Waals surface area contributed by atoms with Crippen molar-refractivity contribution in [3.8, 4) is 0 Å². The molecule has 0 aliphatic rings. The molecule has 0 aliphatic carbocycles. The Bertz CT molecular complexity index is 417. The first kappa shape index (κ1) is 16.4. The van der Waals surface area contributed by atoms with Crippen molar-refractivity contribution in [2.75, 3.05) is 19.6 Å². The van der Waals surface area contributed by atoms with E-state index >= 15 is 0 Å². The van der Waals surface area contributed by atoms with Crippen LogP contribution in [-0.4, -0.2) is 45.9 Å². The van der Waals surface area contributed by atoms with Crippen molar-refractivity contribution >= 4 is 5.96 Å². The van der Waals surface area contributed by atoms with Crippen LogP contribution in [0, 0.1) is 0 Å². The zero-order valence-electron chi connectivity index (χ0n) is 13.2. The monoisotopic (exact) mass is 281 g/mol. The van der Waals surface area contributed by atoms with Gasteiger partial charge in [-0.3, -0.25) is 4.68 Å². The second-order valence-electron chi connectivity index (χ2n) is 5.60. The summed E-state index contributed by atoms with van der Waals surface area (Å²) in [5, 5.41) is 14.0. The van der Waals surface area contributed by atoms with E-state index in [9.17, 15) is 0 Å². The van der Waals surface area contributed by atoms with Gasteiger partial charge < -0.3 is 16.0 Å². The maximum atomic E-state index is 4.49. The first-order valence-corrected chi connectivity index (χ1v) is 7.02. The van der Waals surface area contributed by atoms with Gasteiger partial charge in [0.15, 0.2) is 5.96 Å². The Morgan fingerprint density at radius 3 is 2.60 bits per heavy atom. The highest BCUT2D eigenvalue weighted by molar-refractivity contribution is 5.79. The van der Waals surface area contributed by atoms with Gasteiger partial charge in [-0.25, -0.2) is 9.98 Å². The summed E-state index contributed by atoms with van der Waals surface area (Å²) in [7, 11) is 1.87. The summed E-state index contributed by atoms with van der Waals surface area (Å²) < 4.78 is 1.73. The topological polar surface area (TPSA) is 79.2 Å². The van der Waals surface area contributed by atoms with Crippen LogP contribution in [0.1, 0.15) is 33.5 Å². The molecule has 1 heterocycles. The van der Waals surface area contributed by atoms with Gasteiger partial charge in [0.1, 0.15) is 18.7 Å². The molecule has 0 aliphatic heterocycles. The van der Waals surface area contributed by atoms with Crippen LogP contribution in [0.25, 0.3) is 0 Å². The molecule has 3 N–H and O–H groups in total. The van der Waals surface area contributed by atoms with Gasteiger partial charge in [0.2, 0.25) is 0 Å². The van der Waals surface area contributed by atoms with E-state index < -0.39 is 0 Å². The van der Waals surface area contributed by atoms with E-state index in [0.29, 0.717) is 6.54 Å². The third kappa shape index (κ3) is 6.51. The molecule has 20 heavy (non-hydrogen) atoms. The maximum Gasteiger partial charge on any atom is 0.191 e. The summed E-state index contributed by atoms with van der Waals surface area (Å²) in [5.41, 5.74) is 0.135. The number of nitrogens with one attached hydrogen (secondary N) is 3. The molecule has 0 saturated heterocycles. The van der Waals surface area contributed by atoms with Crippen molar-refractivity contribution in [3.63, 3.8) is 0 Å². The summed E-state index contributed by atoms with van der Waals surface area (Å²) >= 11 is 0. The molecular weight excluding hydrogens is 254 g/mol. The van der Waals surface area contributed by atoms with E-state index in [0.717, 1.165) is 31.4 Å². The fraction of sp³-hybridized carbons (Fsp3) is 0.769. The van der Waals surface area contributed by atoms with Gasteiger partial charge in [0.25, 0.3) is 0 Å². The van der Waals surface area contributed by atoms with Crippen LogP contribution in [0.5, 0.6) is 0 Å². The minimum absolute atomic E-state index is 0.135. The molecule has 1 rings (SSSR count). The van der Waals surface area contributed by atoms with Crippen LogP contribution < -0.4 is 16.0 Å². The molecular formula is C13H27N7. The molecule has 7 nitrogen and oxygen atoms in total. The predicted molar refractivity (Wildman–Crippen MR) is 81.6 cm³/mol. The zero-order valence-corrected chi connectivity index (χ0v) is 13.2. The molecule has 0 saturated carbocycles. The van der Waals surface area contributed by atoms with Gasteiger partial charge in [-0.1, -0.05) is 0 Å². The lowest BCUT2D eigenvalue weighted by molar-refractivity contribution is 0.428. The highest BCUT2D eigenvalue weighted by atomic mass is 15.3. The molecule has 1 aromatic rings. The molecule has 0 atom stereocenters. The normalized spacial score (nSPS) is 12.6. The average molecular weight is 281 g/mol. The minimum atomic E-state index is 0.135. The molecule has 1 aromatic heterocycles. The summed E-state index contributed by atoms with van der Waals surface area (Å²) in [6.45, 7) is 11.6. The number of nitrogens with zero attached hydrogens (tertiary/aromatic N) is 4. The van der Waals surface area contributed by atoms with Crippen molar-refractivity contribution in [2.24, 2.45) is 12.0 Å². The Kier molecular flexibility index (Phi) is 6.44. The third-order valence-electron chi connectivity index (χ3n) is 2.60. The molecule has 0 radical (unpaired) electrons. The molecule has 0 amide bonds. The van der Waals surface area contributed by atoms with Gasteiger partial charge in [0, 0.05) is 32.2 Å². The predicted octanol–water partition coefficient (Wildman–Crippen LogP) is 0.258. The lowest BCUT2D eigenvalue weighted by Gasteiger charge is -2.21. The van der Waals surface area contributed by atoms with Crippen molar-refractivity contribution in [1.29, 1.82) is 0 Å². The quantitative estimate of drug-likeness (QED) is 0.396. The Labute approximate surface area is 121 Å². The van der Waals surface area contributed by atoms with Crippen LogP contribution in [-0.2, 0) is 13.6 Å². The zero-order chi connectivity index (χ0) is 15.0. The highest BCUT2D eigenvalue weighted by Crippen LogP contribution is 1.96.